The number of nitriles is 1. The number of hydrogen-bond donors (Lipinski definition) is 0. The van der Waals surface area contributed by atoms with Crippen molar-refractivity contribution in [3.05, 3.63) is 28.8 Å². The fourth-order valence-corrected chi connectivity index (χ4v) is 1.92. The van der Waals surface area contributed by atoms with Crippen LogP contribution in [-0.2, 0) is 9.53 Å². The van der Waals surface area contributed by atoms with E-state index < -0.39 is 6.10 Å². The Morgan fingerprint density at radius 2 is 2.35 bits per heavy atom. The van der Waals surface area contributed by atoms with Gasteiger partial charge < -0.3 is 9.64 Å². The van der Waals surface area contributed by atoms with E-state index >= 15 is 0 Å². The predicted molar refractivity (Wildman–Crippen MR) is 63.9 cm³/mol. The summed E-state index contributed by atoms with van der Waals surface area (Å²) in [6, 6.07) is 7.36. The van der Waals surface area contributed by atoms with Gasteiger partial charge in [0.2, 0.25) is 0 Å². The Bertz CT molecular complexity index is 496. The number of carbonyl (C=O) groups is 1. The van der Waals surface area contributed by atoms with Gasteiger partial charge in [-0.2, -0.15) is 5.26 Å². The molecular formula is C12H11ClN2O2. The van der Waals surface area contributed by atoms with E-state index in [2.05, 4.69) is 0 Å². The number of morpholine rings is 1. The maximum atomic E-state index is 11.8. The molecule has 0 spiro atoms. The molecule has 0 bridgehead atoms. The summed E-state index contributed by atoms with van der Waals surface area (Å²) in [5.41, 5.74) is 1.69. The van der Waals surface area contributed by atoms with Gasteiger partial charge in [0.25, 0.3) is 5.91 Å². The van der Waals surface area contributed by atoms with Crippen LogP contribution >= 0.6 is 11.6 Å². The van der Waals surface area contributed by atoms with Crippen molar-refractivity contribution in [3.63, 3.8) is 0 Å². The SMILES string of the molecule is Cc1ccc(Cl)cc1N1CC(C#N)OCC1=O. The van der Waals surface area contributed by atoms with Gasteiger partial charge in [-0.25, -0.2) is 0 Å². The molecule has 1 aromatic carbocycles. The van der Waals surface area contributed by atoms with Crippen molar-refractivity contribution in [3.8, 4) is 6.07 Å². The molecule has 17 heavy (non-hydrogen) atoms. The molecule has 0 aliphatic carbocycles. The number of carbonyl (C=O) groups excluding carboxylic acids is 1. The molecule has 1 heterocycles. The summed E-state index contributed by atoms with van der Waals surface area (Å²) in [4.78, 5) is 13.3. The zero-order chi connectivity index (χ0) is 12.4. The lowest BCUT2D eigenvalue weighted by atomic mass is 10.1. The maximum Gasteiger partial charge on any atom is 0.253 e. The molecule has 1 fully saturated rings. The number of benzene rings is 1. The van der Waals surface area contributed by atoms with Gasteiger partial charge in [0.1, 0.15) is 6.61 Å². The Hall–Kier alpha value is -1.57. The van der Waals surface area contributed by atoms with E-state index in [4.69, 9.17) is 21.6 Å². The van der Waals surface area contributed by atoms with Gasteiger partial charge in [0, 0.05) is 10.7 Å². The summed E-state index contributed by atoms with van der Waals surface area (Å²) in [6.07, 6.45) is -0.578. The molecule has 1 atom stereocenters. The van der Waals surface area contributed by atoms with Gasteiger partial charge in [-0.3, -0.25) is 4.79 Å². The first kappa shape index (κ1) is 11.9. The fourth-order valence-electron chi connectivity index (χ4n) is 1.75. The minimum Gasteiger partial charge on any atom is -0.352 e. The normalized spacial score (nSPS) is 20.2. The van der Waals surface area contributed by atoms with Crippen LogP contribution in [0.25, 0.3) is 0 Å². The smallest absolute Gasteiger partial charge is 0.253 e. The van der Waals surface area contributed by atoms with Gasteiger partial charge in [0.15, 0.2) is 6.10 Å². The van der Waals surface area contributed by atoms with Crippen LogP contribution in [0.5, 0.6) is 0 Å². The van der Waals surface area contributed by atoms with E-state index in [1.165, 1.54) is 0 Å². The Morgan fingerprint density at radius 1 is 1.59 bits per heavy atom. The molecule has 0 N–H and O–H groups in total. The van der Waals surface area contributed by atoms with Crippen LogP contribution < -0.4 is 4.90 Å². The van der Waals surface area contributed by atoms with Crippen LogP contribution in [0.2, 0.25) is 5.02 Å². The molecule has 1 amide bonds. The first-order valence-corrected chi connectivity index (χ1v) is 5.57. The average Bonchev–Trinajstić information content (AvgIpc) is 2.33. The van der Waals surface area contributed by atoms with Crippen molar-refractivity contribution in [1.82, 2.24) is 0 Å². The number of nitrogens with zero attached hydrogens (tertiary/aromatic N) is 2. The Kier molecular flexibility index (Phi) is 3.32. The molecular weight excluding hydrogens is 240 g/mol. The Morgan fingerprint density at radius 3 is 3.06 bits per heavy atom. The van der Waals surface area contributed by atoms with E-state index in [1.54, 1.807) is 17.0 Å². The largest absolute Gasteiger partial charge is 0.352 e. The monoisotopic (exact) mass is 250 g/mol. The third-order valence-corrected chi connectivity index (χ3v) is 2.90. The van der Waals surface area contributed by atoms with Crippen LogP contribution in [-0.4, -0.2) is 25.2 Å². The molecule has 0 saturated carbocycles. The van der Waals surface area contributed by atoms with Crippen molar-refractivity contribution in [2.45, 2.75) is 13.0 Å². The minimum atomic E-state index is -0.578. The minimum absolute atomic E-state index is 0.0653. The first-order chi connectivity index (χ1) is 8.11. The molecule has 2 rings (SSSR count). The molecule has 1 aromatic rings. The molecule has 4 nitrogen and oxygen atoms in total. The average molecular weight is 251 g/mol. The molecule has 0 radical (unpaired) electrons. The summed E-state index contributed by atoms with van der Waals surface area (Å²) < 4.78 is 5.08. The molecule has 88 valence electrons. The second-order valence-electron chi connectivity index (χ2n) is 3.86. The third-order valence-electron chi connectivity index (χ3n) is 2.66. The third kappa shape index (κ3) is 2.41. The van der Waals surface area contributed by atoms with E-state index in [0.29, 0.717) is 5.02 Å². The van der Waals surface area contributed by atoms with Crippen LogP contribution in [0.4, 0.5) is 5.69 Å². The number of anilines is 1. The number of amides is 1. The van der Waals surface area contributed by atoms with E-state index in [-0.39, 0.29) is 19.1 Å². The number of ether oxygens (including phenoxy) is 1. The van der Waals surface area contributed by atoms with E-state index in [9.17, 15) is 4.79 Å². The summed E-state index contributed by atoms with van der Waals surface area (Å²) in [6.45, 7) is 2.08. The second-order valence-corrected chi connectivity index (χ2v) is 4.30. The number of halogens is 1. The van der Waals surface area contributed by atoms with Crippen molar-refractivity contribution in [2.75, 3.05) is 18.1 Å². The highest BCUT2D eigenvalue weighted by Crippen LogP contribution is 2.26. The molecule has 1 unspecified atom stereocenters. The molecule has 1 aliphatic heterocycles. The van der Waals surface area contributed by atoms with Crippen LogP contribution in [0.1, 0.15) is 5.56 Å². The fraction of sp³-hybridized carbons (Fsp3) is 0.333. The van der Waals surface area contributed by atoms with Gasteiger partial charge >= 0.3 is 0 Å². The maximum absolute atomic E-state index is 11.8. The zero-order valence-corrected chi connectivity index (χ0v) is 10.1. The van der Waals surface area contributed by atoms with Crippen LogP contribution in [0, 0.1) is 18.3 Å². The van der Waals surface area contributed by atoms with Crippen LogP contribution in [0.15, 0.2) is 18.2 Å². The van der Waals surface area contributed by atoms with Gasteiger partial charge in [-0.1, -0.05) is 17.7 Å². The molecule has 0 aromatic heterocycles. The number of aryl methyl sites for hydroxylation is 1. The van der Waals surface area contributed by atoms with Gasteiger partial charge in [0.05, 0.1) is 12.6 Å². The highest BCUT2D eigenvalue weighted by molar-refractivity contribution is 6.31. The second kappa shape index (κ2) is 4.74. The lowest BCUT2D eigenvalue weighted by molar-refractivity contribution is -0.127. The Labute approximate surface area is 104 Å². The summed E-state index contributed by atoms with van der Waals surface area (Å²) in [5, 5.41) is 9.39. The lowest BCUT2D eigenvalue weighted by Crippen LogP contribution is -2.46. The van der Waals surface area contributed by atoms with Crippen molar-refractivity contribution >= 4 is 23.2 Å². The quantitative estimate of drug-likeness (QED) is 0.765. The van der Waals surface area contributed by atoms with Crippen molar-refractivity contribution in [2.24, 2.45) is 0 Å². The van der Waals surface area contributed by atoms with Gasteiger partial charge in [-0.15, -0.1) is 0 Å². The summed E-state index contributed by atoms with van der Waals surface area (Å²) >= 11 is 5.92. The van der Waals surface area contributed by atoms with Crippen LogP contribution in [0.3, 0.4) is 0 Å². The van der Waals surface area contributed by atoms with E-state index in [1.807, 2.05) is 19.1 Å². The molecule has 1 aliphatic rings. The highest BCUT2D eigenvalue weighted by Gasteiger charge is 2.28. The number of rotatable bonds is 1. The first-order valence-electron chi connectivity index (χ1n) is 5.19. The Balaban J connectivity index is 2.34. The lowest BCUT2D eigenvalue weighted by Gasteiger charge is -2.30. The predicted octanol–water partition coefficient (Wildman–Crippen LogP) is 1.90. The summed E-state index contributed by atoms with van der Waals surface area (Å²) in [5.74, 6) is -0.151. The van der Waals surface area contributed by atoms with E-state index in [0.717, 1.165) is 11.3 Å². The molecule has 1 saturated heterocycles. The van der Waals surface area contributed by atoms with Crippen molar-refractivity contribution in [1.29, 1.82) is 5.26 Å². The molecule has 5 heteroatoms. The number of hydrogen-bond acceptors (Lipinski definition) is 3. The van der Waals surface area contributed by atoms with Crippen molar-refractivity contribution < 1.29 is 9.53 Å². The standard InChI is InChI=1S/C12H11ClN2O2/c1-8-2-3-9(13)4-11(8)15-6-10(5-14)17-7-12(15)16/h2-4,10H,6-7H2,1H3. The topological polar surface area (TPSA) is 53.3 Å². The zero-order valence-electron chi connectivity index (χ0n) is 9.31. The van der Waals surface area contributed by atoms with Gasteiger partial charge in [-0.05, 0) is 24.6 Å². The summed E-state index contributed by atoms with van der Waals surface area (Å²) in [7, 11) is 0. The highest BCUT2D eigenvalue weighted by atomic mass is 35.5.